The number of hydrogen-bond acceptors (Lipinski definition) is 6. The third kappa shape index (κ3) is 6.58. The van der Waals surface area contributed by atoms with Crippen LogP contribution in [0.15, 0.2) is 25.3 Å². The van der Waals surface area contributed by atoms with Crippen LogP contribution in [0.2, 0.25) is 0 Å². The normalized spacial score (nSPS) is 27.9. The van der Waals surface area contributed by atoms with Gasteiger partial charge in [-0.25, -0.2) is 0 Å². The highest BCUT2D eigenvalue weighted by Gasteiger charge is 2.74. The maximum absolute atomic E-state index is 14.6. The summed E-state index contributed by atoms with van der Waals surface area (Å²) in [7, 11) is 0. The minimum absolute atomic E-state index is 0.00256. The number of hydrogen-bond donors (Lipinski definition) is 1. The molecule has 2 bridgehead atoms. The van der Waals surface area contributed by atoms with Gasteiger partial charge in [0.25, 0.3) is 0 Å². The number of unbranched alkanes of at least 4 members (excludes halogenated alkanes) is 3. The summed E-state index contributed by atoms with van der Waals surface area (Å²) in [4.78, 5) is 45.8. The number of rotatable bonds is 15. The zero-order chi connectivity index (χ0) is 29.0. The van der Waals surface area contributed by atoms with Gasteiger partial charge in [0.05, 0.1) is 23.2 Å². The van der Waals surface area contributed by atoms with E-state index >= 15 is 0 Å². The van der Waals surface area contributed by atoms with Crippen molar-refractivity contribution in [2.45, 2.75) is 108 Å². The zero-order valence-electron chi connectivity index (χ0n) is 24.7. The van der Waals surface area contributed by atoms with E-state index in [4.69, 9.17) is 4.74 Å². The molecule has 3 fully saturated rings. The first-order chi connectivity index (χ1) is 18.3. The molecule has 2 unspecified atom stereocenters. The summed E-state index contributed by atoms with van der Waals surface area (Å²) in [5, 5.41) is 9.40. The second-order valence-electron chi connectivity index (χ2n) is 13.3. The lowest BCUT2D eigenvalue weighted by Gasteiger charge is -2.46. The standard InChI is InChI=1S/C31H50N2O5S/c1-8-10-11-14-20-38-28(37)23-22-15-16-31(39-22)24(23)26(35)32(18-12-13-19-34)25(31)27(36)33(17-9-2)30(6,7)21-29(3,4)5/h8-9,22-25,34H,1-2,10-21H2,3-7H3/t22-,23+,24+,25?,31?/m1/s1. The lowest BCUT2D eigenvalue weighted by Crippen LogP contribution is -2.60. The molecule has 3 aliphatic heterocycles. The summed E-state index contributed by atoms with van der Waals surface area (Å²) >= 11 is 1.68. The monoisotopic (exact) mass is 562 g/mol. The van der Waals surface area contributed by atoms with E-state index in [1.165, 1.54) is 0 Å². The number of allylic oxidation sites excluding steroid dienone is 1. The van der Waals surface area contributed by atoms with Gasteiger partial charge >= 0.3 is 5.97 Å². The van der Waals surface area contributed by atoms with Gasteiger partial charge in [0.1, 0.15) is 6.04 Å². The molecule has 5 atom stereocenters. The minimum atomic E-state index is -0.645. The van der Waals surface area contributed by atoms with Gasteiger partial charge in [-0.3, -0.25) is 14.4 Å². The molecule has 0 aromatic heterocycles. The van der Waals surface area contributed by atoms with E-state index in [1.807, 2.05) is 11.0 Å². The summed E-state index contributed by atoms with van der Waals surface area (Å²) in [6.07, 6.45) is 9.65. The predicted octanol–water partition coefficient (Wildman–Crippen LogP) is 4.98. The SMILES string of the molecule is C=CCCCCOC(=O)[C@@H]1[C@H]2C(=O)N(CCCCO)C(C(=O)N(CC=C)C(C)(C)CC(C)(C)C)C23CC[C@H]1S3. The summed E-state index contributed by atoms with van der Waals surface area (Å²) in [5.74, 6) is -1.55. The van der Waals surface area contributed by atoms with Gasteiger partial charge in [-0.05, 0) is 70.6 Å². The average molecular weight is 563 g/mol. The average Bonchev–Trinajstić information content (AvgIpc) is 3.48. The Balaban J connectivity index is 1.94. The Labute approximate surface area is 239 Å². The molecule has 3 heterocycles. The summed E-state index contributed by atoms with van der Waals surface area (Å²) < 4.78 is 5.07. The number of esters is 1. The Kier molecular flexibility index (Phi) is 10.4. The Bertz CT molecular complexity index is 928. The molecule has 0 radical (unpaired) electrons. The summed E-state index contributed by atoms with van der Waals surface area (Å²) in [5.41, 5.74) is -0.458. The van der Waals surface area contributed by atoms with Crippen molar-refractivity contribution in [3.8, 4) is 0 Å². The molecule has 3 rings (SSSR count). The Morgan fingerprint density at radius 2 is 1.87 bits per heavy atom. The van der Waals surface area contributed by atoms with Crippen molar-refractivity contribution < 1.29 is 24.2 Å². The third-order valence-electron chi connectivity index (χ3n) is 8.43. The zero-order valence-corrected chi connectivity index (χ0v) is 25.6. The topological polar surface area (TPSA) is 87.1 Å². The fourth-order valence-corrected chi connectivity index (χ4v) is 9.50. The number of amides is 2. The van der Waals surface area contributed by atoms with Crippen LogP contribution in [0.4, 0.5) is 0 Å². The quantitative estimate of drug-likeness (QED) is 0.172. The molecular weight excluding hydrogens is 512 g/mol. The van der Waals surface area contributed by atoms with Crippen molar-refractivity contribution in [1.82, 2.24) is 9.80 Å². The van der Waals surface area contributed by atoms with Crippen LogP contribution in [-0.2, 0) is 19.1 Å². The summed E-state index contributed by atoms with van der Waals surface area (Å²) in [6, 6.07) is -0.645. The van der Waals surface area contributed by atoms with Gasteiger partial charge in [0.2, 0.25) is 11.8 Å². The van der Waals surface area contributed by atoms with E-state index in [9.17, 15) is 19.5 Å². The first-order valence-corrected chi connectivity index (χ1v) is 15.5. The number of thioether (sulfide) groups is 1. The van der Waals surface area contributed by atoms with Gasteiger partial charge in [-0.15, -0.1) is 24.9 Å². The molecule has 39 heavy (non-hydrogen) atoms. The van der Waals surface area contributed by atoms with Crippen LogP contribution in [-0.4, -0.2) is 80.6 Å². The van der Waals surface area contributed by atoms with Gasteiger partial charge in [0, 0.05) is 30.5 Å². The Morgan fingerprint density at radius 1 is 1.15 bits per heavy atom. The molecule has 1 spiro atoms. The van der Waals surface area contributed by atoms with Crippen LogP contribution in [0.1, 0.15) is 86.0 Å². The van der Waals surface area contributed by atoms with Crippen LogP contribution >= 0.6 is 11.8 Å². The Hall–Kier alpha value is -1.80. The number of ether oxygens (including phenoxy) is 1. The van der Waals surface area contributed by atoms with Crippen LogP contribution in [0.3, 0.4) is 0 Å². The molecule has 3 saturated heterocycles. The molecule has 0 aliphatic carbocycles. The lowest BCUT2D eigenvalue weighted by atomic mass is 9.71. The van der Waals surface area contributed by atoms with E-state index in [2.05, 4.69) is 47.8 Å². The molecule has 0 aromatic carbocycles. The van der Waals surface area contributed by atoms with E-state index < -0.39 is 28.2 Å². The number of aliphatic hydroxyl groups excluding tert-OH is 1. The molecular formula is C31H50N2O5S. The van der Waals surface area contributed by atoms with E-state index in [0.29, 0.717) is 32.5 Å². The van der Waals surface area contributed by atoms with Crippen molar-refractivity contribution >= 4 is 29.5 Å². The van der Waals surface area contributed by atoms with Crippen molar-refractivity contribution in [2.24, 2.45) is 17.3 Å². The van der Waals surface area contributed by atoms with Crippen molar-refractivity contribution in [3.05, 3.63) is 25.3 Å². The number of nitrogens with zero attached hydrogens (tertiary/aromatic N) is 2. The van der Waals surface area contributed by atoms with Crippen molar-refractivity contribution in [3.63, 3.8) is 0 Å². The first-order valence-electron chi connectivity index (χ1n) is 14.6. The molecule has 2 amide bonds. The van der Waals surface area contributed by atoms with Gasteiger partial charge in [0.15, 0.2) is 0 Å². The number of carbonyl (C=O) groups is 3. The number of likely N-dealkylation sites (tertiary alicyclic amines) is 1. The largest absolute Gasteiger partial charge is 0.465 e. The molecule has 0 saturated carbocycles. The Morgan fingerprint density at radius 3 is 2.49 bits per heavy atom. The second kappa shape index (κ2) is 12.8. The van der Waals surface area contributed by atoms with Gasteiger partial charge < -0.3 is 19.6 Å². The third-order valence-corrected chi connectivity index (χ3v) is 10.4. The van der Waals surface area contributed by atoms with Crippen molar-refractivity contribution in [1.29, 1.82) is 0 Å². The highest BCUT2D eigenvalue weighted by Crippen LogP contribution is 2.66. The smallest absolute Gasteiger partial charge is 0.310 e. The molecule has 8 heteroatoms. The second-order valence-corrected chi connectivity index (χ2v) is 14.9. The minimum Gasteiger partial charge on any atom is -0.465 e. The van der Waals surface area contributed by atoms with E-state index in [1.54, 1.807) is 22.7 Å². The maximum Gasteiger partial charge on any atom is 0.310 e. The molecule has 1 N–H and O–H groups in total. The van der Waals surface area contributed by atoms with Gasteiger partial charge in [-0.2, -0.15) is 0 Å². The van der Waals surface area contributed by atoms with Crippen LogP contribution in [0, 0.1) is 17.3 Å². The maximum atomic E-state index is 14.6. The predicted molar refractivity (Wildman–Crippen MR) is 157 cm³/mol. The lowest BCUT2D eigenvalue weighted by molar-refractivity contribution is -0.154. The highest BCUT2D eigenvalue weighted by atomic mass is 32.2. The first kappa shape index (κ1) is 31.7. The fraction of sp³-hybridized carbons (Fsp3) is 0.774. The number of aliphatic hydroxyl groups is 1. The molecule has 220 valence electrons. The van der Waals surface area contributed by atoms with Crippen LogP contribution < -0.4 is 0 Å². The number of carbonyl (C=O) groups excluding carboxylic acids is 3. The number of fused-ring (bicyclic) bond motifs is 1. The van der Waals surface area contributed by atoms with E-state index in [-0.39, 0.29) is 35.1 Å². The van der Waals surface area contributed by atoms with Crippen molar-refractivity contribution in [2.75, 3.05) is 26.3 Å². The van der Waals surface area contributed by atoms with Crippen LogP contribution in [0.5, 0.6) is 0 Å². The molecule has 7 nitrogen and oxygen atoms in total. The highest BCUT2D eigenvalue weighted by molar-refractivity contribution is 8.02. The molecule has 3 aliphatic rings. The van der Waals surface area contributed by atoms with Gasteiger partial charge in [-0.1, -0.05) is 32.9 Å². The van der Waals surface area contributed by atoms with E-state index in [0.717, 1.165) is 38.5 Å². The molecule has 0 aromatic rings. The summed E-state index contributed by atoms with van der Waals surface area (Å²) in [6.45, 7) is 19.5. The fourth-order valence-electron chi connectivity index (χ4n) is 7.30. The van der Waals surface area contributed by atoms with Crippen LogP contribution in [0.25, 0.3) is 0 Å².